The van der Waals surface area contributed by atoms with Gasteiger partial charge in [-0.25, -0.2) is 4.68 Å². The van der Waals surface area contributed by atoms with Crippen LogP contribution in [0.15, 0.2) is 12.1 Å². The second-order valence-corrected chi connectivity index (χ2v) is 6.95. The van der Waals surface area contributed by atoms with Crippen molar-refractivity contribution < 1.29 is 9.53 Å². The highest BCUT2D eigenvalue weighted by Gasteiger charge is 2.17. The molecule has 25 heavy (non-hydrogen) atoms. The number of aromatic nitrogens is 2. The lowest BCUT2D eigenvalue weighted by Crippen LogP contribution is -2.22. The lowest BCUT2D eigenvalue weighted by atomic mass is 10.1. The molecule has 0 bridgehead atoms. The van der Waals surface area contributed by atoms with Crippen molar-refractivity contribution in [3.05, 3.63) is 45.2 Å². The summed E-state index contributed by atoms with van der Waals surface area (Å²) in [5.74, 6) is 0.491. The van der Waals surface area contributed by atoms with Crippen molar-refractivity contribution >= 4 is 17.5 Å². The lowest BCUT2D eigenvalue weighted by Gasteiger charge is -2.10. The topological polar surface area (TPSA) is 44.1 Å². The molecular weight excluding hydrogens is 336 g/mol. The molecule has 0 N–H and O–H groups in total. The number of ether oxygens (including phenoxy) is 1. The number of nitrogens with zero attached hydrogens (tertiary/aromatic N) is 2. The Hall–Kier alpha value is -1.81. The quantitative estimate of drug-likeness (QED) is 0.634. The summed E-state index contributed by atoms with van der Waals surface area (Å²) in [4.78, 5) is 12.5. The first-order chi connectivity index (χ1) is 11.8. The SMILES string of the molecule is CCCCCc1c(C)nn(C(=O)COc2cc(C)c(Cl)c(C)c2)c1C. The van der Waals surface area contributed by atoms with E-state index in [9.17, 15) is 4.79 Å². The zero-order valence-corrected chi connectivity index (χ0v) is 16.5. The van der Waals surface area contributed by atoms with Gasteiger partial charge in [0.1, 0.15) is 5.75 Å². The number of rotatable bonds is 7. The monoisotopic (exact) mass is 362 g/mol. The van der Waals surface area contributed by atoms with Gasteiger partial charge in [0, 0.05) is 10.7 Å². The molecular formula is C20H27ClN2O2. The van der Waals surface area contributed by atoms with Gasteiger partial charge in [0.2, 0.25) is 0 Å². The molecule has 4 nitrogen and oxygen atoms in total. The van der Waals surface area contributed by atoms with Gasteiger partial charge in [-0.3, -0.25) is 4.79 Å². The zero-order chi connectivity index (χ0) is 18.6. The molecule has 5 heteroatoms. The number of benzene rings is 1. The Kier molecular flexibility index (Phi) is 6.65. The number of hydrogen-bond donors (Lipinski definition) is 0. The first kappa shape index (κ1) is 19.5. The minimum atomic E-state index is -0.160. The number of halogens is 1. The first-order valence-electron chi connectivity index (χ1n) is 8.83. The summed E-state index contributed by atoms with van der Waals surface area (Å²) in [7, 11) is 0. The maximum Gasteiger partial charge on any atom is 0.284 e. The molecule has 0 atom stereocenters. The van der Waals surface area contributed by atoms with Gasteiger partial charge in [-0.05, 0) is 69.4 Å². The molecule has 0 aliphatic rings. The van der Waals surface area contributed by atoms with Crippen LogP contribution in [0.5, 0.6) is 5.75 Å². The van der Waals surface area contributed by atoms with Crippen molar-refractivity contribution in [2.24, 2.45) is 0 Å². The third-order valence-electron chi connectivity index (χ3n) is 4.48. The molecule has 2 rings (SSSR count). The van der Waals surface area contributed by atoms with E-state index in [0.717, 1.165) is 40.4 Å². The Bertz CT molecular complexity index is 742. The molecule has 136 valence electrons. The van der Waals surface area contributed by atoms with Crippen LogP contribution in [0.3, 0.4) is 0 Å². The molecule has 1 aromatic heterocycles. The van der Waals surface area contributed by atoms with E-state index in [1.54, 1.807) is 0 Å². The van der Waals surface area contributed by atoms with E-state index in [0.29, 0.717) is 5.75 Å². The van der Waals surface area contributed by atoms with E-state index < -0.39 is 0 Å². The number of hydrogen-bond acceptors (Lipinski definition) is 3. The largest absolute Gasteiger partial charge is 0.484 e. The highest BCUT2D eigenvalue weighted by atomic mass is 35.5. The fourth-order valence-corrected chi connectivity index (χ4v) is 3.14. The Labute approximate surface area is 155 Å². The summed E-state index contributed by atoms with van der Waals surface area (Å²) in [6, 6.07) is 3.69. The molecule has 0 aliphatic heterocycles. The molecule has 0 aliphatic carbocycles. The van der Waals surface area contributed by atoms with Crippen LogP contribution in [-0.4, -0.2) is 22.3 Å². The van der Waals surface area contributed by atoms with E-state index in [1.807, 2.05) is 39.8 Å². The average Bonchev–Trinajstić information content (AvgIpc) is 2.85. The van der Waals surface area contributed by atoms with Gasteiger partial charge in [0.15, 0.2) is 6.61 Å². The highest BCUT2D eigenvalue weighted by molar-refractivity contribution is 6.32. The van der Waals surface area contributed by atoms with Gasteiger partial charge >= 0.3 is 0 Å². The Morgan fingerprint density at radius 1 is 1.16 bits per heavy atom. The third kappa shape index (κ3) is 4.63. The molecule has 0 unspecified atom stereocenters. The van der Waals surface area contributed by atoms with Crippen molar-refractivity contribution in [1.82, 2.24) is 9.78 Å². The van der Waals surface area contributed by atoms with Crippen molar-refractivity contribution in [3.63, 3.8) is 0 Å². The Morgan fingerprint density at radius 3 is 2.40 bits per heavy atom. The van der Waals surface area contributed by atoms with Crippen LogP contribution in [0.2, 0.25) is 5.02 Å². The molecule has 1 heterocycles. The van der Waals surface area contributed by atoms with Crippen LogP contribution in [0.1, 0.15) is 59.1 Å². The smallest absolute Gasteiger partial charge is 0.284 e. The highest BCUT2D eigenvalue weighted by Crippen LogP contribution is 2.26. The van der Waals surface area contributed by atoms with Crippen LogP contribution >= 0.6 is 11.6 Å². The average molecular weight is 363 g/mol. The molecule has 0 saturated carbocycles. The number of carbonyl (C=O) groups excluding carboxylic acids is 1. The van der Waals surface area contributed by atoms with Crippen LogP contribution < -0.4 is 4.74 Å². The standard InChI is InChI=1S/C20H27ClN2O2/c1-6-7-8-9-18-15(4)22-23(16(18)5)19(24)12-25-17-10-13(2)20(21)14(3)11-17/h10-11H,6-9,12H2,1-5H3. The summed E-state index contributed by atoms with van der Waals surface area (Å²) < 4.78 is 7.15. The van der Waals surface area contributed by atoms with Gasteiger partial charge in [0.05, 0.1) is 5.69 Å². The van der Waals surface area contributed by atoms with Crippen LogP contribution in [0.4, 0.5) is 0 Å². The summed E-state index contributed by atoms with van der Waals surface area (Å²) in [5.41, 5.74) is 4.91. The van der Waals surface area contributed by atoms with Crippen molar-refractivity contribution in [2.75, 3.05) is 6.61 Å². The van der Waals surface area contributed by atoms with Gasteiger partial charge in [-0.15, -0.1) is 0 Å². The van der Waals surface area contributed by atoms with Gasteiger partial charge in [-0.1, -0.05) is 31.4 Å². The predicted molar refractivity (Wildman–Crippen MR) is 102 cm³/mol. The van der Waals surface area contributed by atoms with Gasteiger partial charge in [-0.2, -0.15) is 5.10 Å². The minimum absolute atomic E-state index is 0.0448. The lowest BCUT2D eigenvalue weighted by molar-refractivity contribution is 0.0818. The molecule has 0 fully saturated rings. The van der Waals surface area contributed by atoms with Crippen molar-refractivity contribution in [2.45, 2.75) is 60.3 Å². The van der Waals surface area contributed by atoms with Crippen molar-refractivity contribution in [1.29, 1.82) is 0 Å². The second-order valence-electron chi connectivity index (χ2n) is 6.57. The molecule has 2 aromatic rings. The van der Waals surface area contributed by atoms with E-state index in [-0.39, 0.29) is 12.5 Å². The van der Waals surface area contributed by atoms with E-state index in [1.165, 1.54) is 23.1 Å². The van der Waals surface area contributed by atoms with Crippen LogP contribution in [0.25, 0.3) is 0 Å². The van der Waals surface area contributed by atoms with Crippen molar-refractivity contribution in [3.8, 4) is 5.75 Å². The summed E-state index contributed by atoms with van der Waals surface area (Å²) in [5, 5.41) is 5.15. The van der Waals surface area contributed by atoms with E-state index in [2.05, 4.69) is 12.0 Å². The van der Waals surface area contributed by atoms with Gasteiger partial charge < -0.3 is 4.74 Å². The summed E-state index contributed by atoms with van der Waals surface area (Å²) in [6.07, 6.45) is 4.46. The van der Waals surface area contributed by atoms with E-state index >= 15 is 0 Å². The number of carbonyl (C=O) groups is 1. The predicted octanol–water partition coefficient (Wildman–Crippen LogP) is 5.22. The maximum absolute atomic E-state index is 12.5. The Balaban J connectivity index is 2.07. The summed E-state index contributed by atoms with van der Waals surface area (Å²) >= 11 is 6.16. The number of unbranched alkanes of at least 4 members (excludes halogenated alkanes) is 2. The van der Waals surface area contributed by atoms with Crippen LogP contribution in [0, 0.1) is 27.7 Å². The molecule has 0 saturated heterocycles. The van der Waals surface area contributed by atoms with Gasteiger partial charge in [0.25, 0.3) is 5.91 Å². The normalized spacial score (nSPS) is 11.0. The summed E-state index contributed by atoms with van der Waals surface area (Å²) in [6.45, 7) is 9.91. The molecule has 1 aromatic carbocycles. The fraction of sp³-hybridized carbons (Fsp3) is 0.500. The first-order valence-corrected chi connectivity index (χ1v) is 9.20. The third-order valence-corrected chi connectivity index (χ3v) is 5.08. The maximum atomic E-state index is 12.5. The van der Waals surface area contributed by atoms with Crippen LogP contribution in [-0.2, 0) is 6.42 Å². The minimum Gasteiger partial charge on any atom is -0.484 e. The molecule has 0 spiro atoms. The second kappa shape index (κ2) is 8.52. The molecule has 0 radical (unpaired) electrons. The fourth-order valence-electron chi connectivity index (χ4n) is 3.03. The van der Waals surface area contributed by atoms with E-state index in [4.69, 9.17) is 16.3 Å². The molecule has 0 amide bonds. The zero-order valence-electron chi connectivity index (χ0n) is 15.8. The number of aryl methyl sites for hydroxylation is 3. The Morgan fingerprint density at radius 2 is 1.80 bits per heavy atom.